The zero-order valence-corrected chi connectivity index (χ0v) is 10.9. The molecule has 0 unspecified atom stereocenters. The molecule has 94 valence electrons. The van der Waals surface area contributed by atoms with Crippen LogP contribution in [0, 0.1) is 6.92 Å². The normalized spacial score (nSPS) is 10.3. The van der Waals surface area contributed by atoms with Crippen LogP contribution in [0.1, 0.15) is 10.6 Å². The minimum atomic E-state index is 0.392. The van der Waals surface area contributed by atoms with E-state index in [2.05, 4.69) is 4.98 Å². The molecule has 0 saturated carbocycles. The van der Waals surface area contributed by atoms with Crippen molar-refractivity contribution in [2.24, 2.45) is 0 Å². The Morgan fingerprint density at radius 3 is 3.06 bits per heavy atom. The van der Waals surface area contributed by atoms with Crippen LogP contribution in [-0.2, 0) is 16.0 Å². The molecule has 2 rings (SSSR count). The highest BCUT2D eigenvalue weighted by Gasteiger charge is 2.09. The Morgan fingerprint density at radius 2 is 2.33 bits per heavy atom. The average molecular weight is 262 g/mol. The number of rotatable bonds is 5. The third-order valence-electron chi connectivity index (χ3n) is 2.54. The molecule has 5 heteroatoms. The Balaban J connectivity index is 2.20. The molecule has 0 aliphatic carbocycles. The first-order chi connectivity index (χ1) is 8.70. The number of carbonyl (C=O) groups excluding carboxylic acids is 1. The fraction of sp³-hybridized carbons (Fsp3) is 0.231. The SMILES string of the molecule is Cc1nc(-c2cccc(N)c2)sc1CCOC=O. The van der Waals surface area contributed by atoms with Crippen molar-refractivity contribution in [3.63, 3.8) is 0 Å². The van der Waals surface area contributed by atoms with Gasteiger partial charge < -0.3 is 10.5 Å². The maximum atomic E-state index is 10.1. The van der Waals surface area contributed by atoms with Crippen molar-refractivity contribution in [3.8, 4) is 10.6 Å². The second-order valence-electron chi connectivity index (χ2n) is 3.87. The van der Waals surface area contributed by atoms with Gasteiger partial charge in [0.15, 0.2) is 0 Å². The highest BCUT2D eigenvalue weighted by atomic mass is 32.1. The Bertz CT molecular complexity index is 552. The summed E-state index contributed by atoms with van der Waals surface area (Å²) in [7, 11) is 0. The number of nitrogens with two attached hydrogens (primary N) is 1. The Hall–Kier alpha value is -1.88. The van der Waals surface area contributed by atoms with E-state index in [0.29, 0.717) is 19.5 Å². The summed E-state index contributed by atoms with van der Waals surface area (Å²) in [5, 5.41) is 0.945. The van der Waals surface area contributed by atoms with Crippen LogP contribution < -0.4 is 5.73 Å². The molecule has 0 aliphatic rings. The molecule has 0 spiro atoms. The van der Waals surface area contributed by atoms with E-state index in [1.54, 1.807) is 11.3 Å². The summed E-state index contributed by atoms with van der Waals surface area (Å²) in [4.78, 5) is 15.7. The van der Waals surface area contributed by atoms with Crippen molar-refractivity contribution in [2.45, 2.75) is 13.3 Å². The fourth-order valence-corrected chi connectivity index (χ4v) is 2.69. The molecule has 0 aliphatic heterocycles. The summed E-state index contributed by atoms with van der Waals surface area (Å²) in [6.45, 7) is 2.82. The average Bonchev–Trinajstić information content (AvgIpc) is 2.72. The van der Waals surface area contributed by atoms with Crippen LogP contribution in [-0.4, -0.2) is 18.1 Å². The minimum Gasteiger partial charge on any atom is -0.468 e. The van der Waals surface area contributed by atoms with E-state index in [0.717, 1.165) is 26.8 Å². The summed E-state index contributed by atoms with van der Waals surface area (Å²) in [6.07, 6.45) is 0.699. The van der Waals surface area contributed by atoms with Crippen molar-refractivity contribution in [2.75, 3.05) is 12.3 Å². The van der Waals surface area contributed by atoms with Gasteiger partial charge in [0.05, 0.1) is 12.3 Å². The van der Waals surface area contributed by atoms with E-state index in [1.807, 2.05) is 31.2 Å². The molecule has 2 N–H and O–H groups in total. The molecule has 4 nitrogen and oxygen atoms in total. The second kappa shape index (κ2) is 5.64. The molecule has 1 aromatic heterocycles. The number of aromatic nitrogens is 1. The third-order valence-corrected chi connectivity index (χ3v) is 3.81. The van der Waals surface area contributed by atoms with E-state index < -0.39 is 0 Å². The van der Waals surface area contributed by atoms with Crippen LogP contribution in [0.25, 0.3) is 10.6 Å². The maximum Gasteiger partial charge on any atom is 0.293 e. The highest BCUT2D eigenvalue weighted by Crippen LogP contribution is 2.29. The standard InChI is InChI=1S/C13H14N2O2S/c1-9-12(5-6-17-8-16)18-13(15-9)10-3-2-4-11(14)7-10/h2-4,7-8H,5-6,14H2,1H3. The zero-order chi connectivity index (χ0) is 13.0. The van der Waals surface area contributed by atoms with Crippen LogP contribution in [0.3, 0.4) is 0 Å². The van der Waals surface area contributed by atoms with Gasteiger partial charge in [0, 0.05) is 22.5 Å². The van der Waals surface area contributed by atoms with E-state index in [-0.39, 0.29) is 0 Å². The van der Waals surface area contributed by atoms with Crippen molar-refractivity contribution in [1.29, 1.82) is 0 Å². The van der Waals surface area contributed by atoms with Crippen LogP contribution >= 0.6 is 11.3 Å². The lowest BCUT2D eigenvalue weighted by molar-refractivity contribution is -0.128. The topological polar surface area (TPSA) is 65.2 Å². The van der Waals surface area contributed by atoms with Crippen molar-refractivity contribution < 1.29 is 9.53 Å². The number of nitrogen functional groups attached to an aromatic ring is 1. The van der Waals surface area contributed by atoms with Crippen LogP contribution in [0.2, 0.25) is 0 Å². The van der Waals surface area contributed by atoms with Crippen molar-refractivity contribution >= 4 is 23.5 Å². The van der Waals surface area contributed by atoms with Gasteiger partial charge >= 0.3 is 0 Å². The fourth-order valence-electron chi connectivity index (χ4n) is 1.65. The highest BCUT2D eigenvalue weighted by molar-refractivity contribution is 7.15. The lowest BCUT2D eigenvalue weighted by Crippen LogP contribution is -1.95. The molecule has 0 radical (unpaired) electrons. The number of ether oxygens (including phenoxy) is 1. The molecule has 1 heterocycles. The number of hydrogen-bond acceptors (Lipinski definition) is 5. The molecule has 0 bridgehead atoms. The number of thiazole rings is 1. The van der Waals surface area contributed by atoms with Gasteiger partial charge in [-0.2, -0.15) is 0 Å². The molecule has 18 heavy (non-hydrogen) atoms. The number of hydrogen-bond donors (Lipinski definition) is 1. The molecule has 0 fully saturated rings. The van der Waals surface area contributed by atoms with E-state index in [9.17, 15) is 4.79 Å². The quantitative estimate of drug-likeness (QED) is 0.510. The summed E-state index contributed by atoms with van der Waals surface area (Å²) in [5.41, 5.74) is 8.48. The molecule has 0 amide bonds. The van der Waals surface area contributed by atoms with E-state index in [1.165, 1.54) is 0 Å². The minimum absolute atomic E-state index is 0.392. The van der Waals surface area contributed by atoms with Gasteiger partial charge in [-0.05, 0) is 19.1 Å². The predicted octanol–water partition coefficient (Wildman–Crippen LogP) is 2.42. The lowest BCUT2D eigenvalue weighted by Gasteiger charge is -1.97. The van der Waals surface area contributed by atoms with Crippen LogP contribution in [0.5, 0.6) is 0 Å². The first-order valence-electron chi connectivity index (χ1n) is 5.58. The van der Waals surface area contributed by atoms with Gasteiger partial charge in [0.2, 0.25) is 0 Å². The van der Waals surface area contributed by atoms with Crippen molar-refractivity contribution in [3.05, 3.63) is 34.8 Å². The monoisotopic (exact) mass is 262 g/mol. The lowest BCUT2D eigenvalue weighted by atomic mass is 10.2. The number of benzene rings is 1. The summed E-state index contributed by atoms with van der Waals surface area (Å²) in [5.74, 6) is 0. The third kappa shape index (κ3) is 2.87. The zero-order valence-electron chi connectivity index (χ0n) is 10.1. The van der Waals surface area contributed by atoms with Crippen LogP contribution in [0.15, 0.2) is 24.3 Å². The van der Waals surface area contributed by atoms with E-state index in [4.69, 9.17) is 10.5 Å². The molecule has 0 saturated heterocycles. The number of carbonyl (C=O) groups is 1. The van der Waals surface area contributed by atoms with Gasteiger partial charge in [-0.25, -0.2) is 4.98 Å². The Morgan fingerprint density at radius 1 is 1.50 bits per heavy atom. The Kier molecular flexibility index (Phi) is 3.94. The predicted molar refractivity (Wildman–Crippen MR) is 72.4 cm³/mol. The molecule has 0 atom stereocenters. The Labute approximate surface area is 109 Å². The van der Waals surface area contributed by atoms with Gasteiger partial charge in [-0.3, -0.25) is 4.79 Å². The molecular weight excluding hydrogens is 248 g/mol. The van der Waals surface area contributed by atoms with E-state index >= 15 is 0 Å². The number of anilines is 1. The smallest absolute Gasteiger partial charge is 0.293 e. The van der Waals surface area contributed by atoms with Crippen LogP contribution in [0.4, 0.5) is 5.69 Å². The van der Waals surface area contributed by atoms with Gasteiger partial charge in [0.25, 0.3) is 6.47 Å². The number of nitrogens with zero attached hydrogens (tertiary/aromatic N) is 1. The summed E-state index contributed by atoms with van der Waals surface area (Å²) >= 11 is 1.61. The van der Waals surface area contributed by atoms with Crippen molar-refractivity contribution in [1.82, 2.24) is 4.98 Å². The van der Waals surface area contributed by atoms with Gasteiger partial charge in [-0.1, -0.05) is 12.1 Å². The first-order valence-corrected chi connectivity index (χ1v) is 6.40. The maximum absolute atomic E-state index is 10.1. The second-order valence-corrected chi connectivity index (χ2v) is 4.95. The first kappa shape index (κ1) is 12.6. The number of aryl methyl sites for hydroxylation is 1. The van der Waals surface area contributed by atoms with Gasteiger partial charge in [0.1, 0.15) is 5.01 Å². The largest absolute Gasteiger partial charge is 0.468 e. The summed E-state index contributed by atoms with van der Waals surface area (Å²) in [6, 6.07) is 7.66. The molecule has 2 aromatic rings. The molecule has 1 aromatic carbocycles. The summed E-state index contributed by atoms with van der Waals surface area (Å²) < 4.78 is 4.70. The van der Waals surface area contributed by atoms with Gasteiger partial charge in [-0.15, -0.1) is 11.3 Å². The molecular formula is C13H14N2O2S.